The number of nitrogens with zero attached hydrogens (tertiary/aromatic N) is 1. The number of aliphatic hydroxyl groups excluding tert-OH is 1. The summed E-state index contributed by atoms with van der Waals surface area (Å²) in [6, 6.07) is 18.0. The molecule has 1 aliphatic rings. The van der Waals surface area contributed by atoms with Crippen molar-refractivity contribution in [1.82, 2.24) is 5.43 Å². The number of esters is 2. The van der Waals surface area contributed by atoms with Crippen LogP contribution in [0.1, 0.15) is 24.0 Å². The molecule has 3 rings (SSSR count). The van der Waals surface area contributed by atoms with Gasteiger partial charge >= 0.3 is 17.7 Å². The lowest BCUT2D eigenvalue weighted by Crippen LogP contribution is -2.50. The molecule has 0 spiro atoms. The Bertz CT molecular complexity index is 1060. The Kier molecular flexibility index (Phi) is 10.1. The van der Waals surface area contributed by atoms with E-state index in [9.17, 15) is 19.5 Å². The Morgan fingerprint density at radius 2 is 1.61 bits per heavy atom. The van der Waals surface area contributed by atoms with E-state index in [1.807, 2.05) is 60.7 Å². The van der Waals surface area contributed by atoms with Crippen molar-refractivity contribution in [3.8, 4) is 0 Å². The number of benzene rings is 2. The predicted molar refractivity (Wildman–Crippen MR) is 128 cm³/mol. The van der Waals surface area contributed by atoms with Crippen molar-refractivity contribution in [3.05, 3.63) is 71.8 Å². The van der Waals surface area contributed by atoms with Crippen LogP contribution in [-0.4, -0.2) is 72.4 Å². The zero-order valence-corrected chi connectivity index (χ0v) is 20.3. The molecule has 1 saturated heterocycles. The molecule has 36 heavy (non-hydrogen) atoms. The number of carbonyl (C=O) groups excluding carboxylic acids is 3. The number of ether oxygens (including phenoxy) is 4. The minimum absolute atomic E-state index is 0.0859. The number of nitrogens with one attached hydrogen (secondary N) is 1. The molecule has 0 radical (unpaired) electrons. The minimum Gasteiger partial charge on any atom is -0.469 e. The molecule has 0 aliphatic carbocycles. The maximum absolute atomic E-state index is 12.5. The van der Waals surface area contributed by atoms with Crippen molar-refractivity contribution < 1.29 is 43.1 Å². The molecular weight excluding hydrogens is 468 g/mol. The van der Waals surface area contributed by atoms with Gasteiger partial charge in [-0.3, -0.25) is 9.59 Å². The molecule has 1 aliphatic heterocycles. The van der Waals surface area contributed by atoms with Crippen molar-refractivity contribution >= 4 is 23.6 Å². The molecular formula is C26H31N2O8+. The molecule has 1 amide bonds. The highest BCUT2D eigenvalue weighted by Gasteiger charge is 2.48. The highest BCUT2D eigenvalue weighted by molar-refractivity contribution is 6.37. The zero-order chi connectivity index (χ0) is 25.9. The van der Waals surface area contributed by atoms with Crippen LogP contribution in [0.15, 0.2) is 60.7 Å². The van der Waals surface area contributed by atoms with Gasteiger partial charge in [-0.05, 0) is 11.1 Å². The van der Waals surface area contributed by atoms with Crippen LogP contribution in [0.3, 0.4) is 0 Å². The highest BCUT2D eigenvalue weighted by Crippen LogP contribution is 2.20. The third-order valence-corrected chi connectivity index (χ3v) is 5.67. The van der Waals surface area contributed by atoms with Gasteiger partial charge in [0.25, 0.3) is 5.91 Å². The molecule has 2 aromatic rings. The van der Waals surface area contributed by atoms with Crippen LogP contribution in [0.25, 0.3) is 0 Å². The van der Waals surface area contributed by atoms with E-state index >= 15 is 0 Å². The second-order valence-corrected chi connectivity index (χ2v) is 8.20. The van der Waals surface area contributed by atoms with E-state index in [0.29, 0.717) is 0 Å². The van der Waals surface area contributed by atoms with Gasteiger partial charge in [0.1, 0.15) is 12.5 Å². The van der Waals surface area contributed by atoms with Gasteiger partial charge in [0.15, 0.2) is 6.10 Å². The Labute approximate surface area is 209 Å². The van der Waals surface area contributed by atoms with Gasteiger partial charge in [-0.15, -0.1) is 5.43 Å². The fourth-order valence-corrected chi connectivity index (χ4v) is 3.87. The summed E-state index contributed by atoms with van der Waals surface area (Å²) in [5.74, 6) is -1.91. The second-order valence-electron chi connectivity index (χ2n) is 8.20. The number of hydrazine groups is 1. The summed E-state index contributed by atoms with van der Waals surface area (Å²) in [5.41, 5.74) is 4.24. The van der Waals surface area contributed by atoms with Crippen LogP contribution >= 0.6 is 0 Å². The monoisotopic (exact) mass is 499 g/mol. The molecule has 2 aromatic carbocycles. The summed E-state index contributed by atoms with van der Waals surface area (Å²) < 4.78 is 22.6. The summed E-state index contributed by atoms with van der Waals surface area (Å²) in [6.07, 6.45) is -2.64. The molecule has 10 nitrogen and oxygen atoms in total. The fraction of sp³-hybridized carbons (Fsp3) is 0.385. The summed E-state index contributed by atoms with van der Waals surface area (Å²) in [7, 11) is 2.36. The van der Waals surface area contributed by atoms with Gasteiger partial charge in [-0.2, -0.15) is 0 Å². The summed E-state index contributed by atoms with van der Waals surface area (Å²) >= 11 is 0. The van der Waals surface area contributed by atoms with Gasteiger partial charge in [0, 0.05) is 0 Å². The van der Waals surface area contributed by atoms with Gasteiger partial charge in [0.2, 0.25) is 6.04 Å². The van der Waals surface area contributed by atoms with Crippen LogP contribution in [0.2, 0.25) is 0 Å². The molecule has 1 heterocycles. The topological polar surface area (TPSA) is 123 Å². The lowest BCUT2D eigenvalue weighted by atomic mass is 10.0. The standard InChI is InChI=1S/C26H30N2O8/c1-33-24(31)14-21(26(32)34-2)28-20(13-23(30)27-28)25(36-16-19-11-7-4-8-12-19)22(29)17-35-15-18-9-5-3-6-10-18/h3-12,20,22,25,29H,13-17H2,1-2H3/p+1/t20?,22-,25+/m1/s1. The van der Waals surface area contributed by atoms with E-state index in [1.54, 1.807) is 0 Å². The Hall–Kier alpha value is -3.60. The molecule has 192 valence electrons. The lowest BCUT2D eigenvalue weighted by molar-refractivity contribution is -0.604. The Morgan fingerprint density at radius 1 is 1.00 bits per heavy atom. The minimum atomic E-state index is -1.16. The highest BCUT2D eigenvalue weighted by atomic mass is 16.5. The largest absolute Gasteiger partial charge is 0.469 e. The fourth-order valence-electron chi connectivity index (χ4n) is 3.87. The van der Waals surface area contributed by atoms with Crippen molar-refractivity contribution in [3.63, 3.8) is 0 Å². The molecule has 10 heteroatoms. The molecule has 0 saturated carbocycles. The van der Waals surface area contributed by atoms with Crippen molar-refractivity contribution in [1.29, 1.82) is 0 Å². The molecule has 1 unspecified atom stereocenters. The van der Waals surface area contributed by atoms with Crippen LogP contribution in [-0.2, 0) is 46.5 Å². The van der Waals surface area contributed by atoms with E-state index in [4.69, 9.17) is 18.9 Å². The van der Waals surface area contributed by atoms with Gasteiger partial charge in [-0.25, -0.2) is 4.79 Å². The number of hydrogen-bond donors (Lipinski definition) is 2. The molecule has 1 fully saturated rings. The molecule has 2 N–H and O–H groups in total. The molecule has 0 bridgehead atoms. The van der Waals surface area contributed by atoms with E-state index < -0.39 is 42.5 Å². The van der Waals surface area contributed by atoms with Gasteiger partial charge in [-0.1, -0.05) is 65.3 Å². The number of aliphatic hydroxyl groups is 1. The number of hydrazone groups is 1. The summed E-state index contributed by atoms with van der Waals surface area (Å²) in [5, 5.41) is 11.1. The average molecular weight is 500 g/mol. The number of rotatable bonds is 12. The van der Waals surface area contributed by atoms with Crippen molar-refractivity contribution in [2.45, 2.75) is 44.3 Å². The summed E-state index contributed by atoms with van der Waals surface area (Å²) in [4.78, 5) is 36.9. The van der Waals surface area contributed by atoms with E-state index in [-0.39, 0.29) is 32.0 Å². The first kappa shape index (κ1) is 27.0. The van der Waals surface area contributed by atoms with Crippen molar-refractivity contribution in [2.24, 2.45) is 0 Å². The maximum atomic E-state index is 12.5. The van der Waals surface area contributed by atoms with Crippen LogP contribution in [0.5, 0.6) is 0 Å². The SMILES string of the molecule is COC(=O)C/C(C(=O)OC)=[N+]1\NC(=O)CC1[C@H](OCc1ccccc1)[C@H](O)COCc1ccccc1. The summed E-state index contributed by atoms with van der Waals surface area (Å²) in [6.45, 7) is 0.332. The van der Waals surface area contributed by atoms with E-state index in [1.165, 1.54) is 18.9 Å². The third kappa shape index (κ3) is 7.45. The quantitative estimate of drug-likeness (QED) is 0.329. The smallest absolute Gasteiger partial charge is 0.401 e. The van der Waals surface area contributed by atoms with E-state index in [2.05, 4.69) is 5.43 Å². The average Bonchev–Trinajstić information content (AvgIpc) is 3.28. The van der Waals surface area contributed by atoms with Gasteiger partial charge < -0.3 is 24.1 Å². The molecule has 3 atom stereocenters. The number of carbonyl (C=O) groups is 3. The zero-order valence-electron chi connectivity index (χ0n) is 20.3. The lowest BCUT2D eigenvalue weighted by Gasteiger charge is -2.25. The van der Waals surface area contributed by atoms with Crippen LogP contribution in [0.4, 0.5) is 0 Å². The number of amides is 1. The maximum Gasteiger partial charge on any atom is 0.401 e. The number of methoxy groups -OCH3 is 2. The first-order chi connectivity index (χ1) is 17.4. The normalized spacial score (nSPS) is 18.2. The predicted octanol–water partition coefficient (Wildman–Crippen LogP) is 1.14. The first-order valence-electron chi connectivity index (χ1n) is 11.5. The van der Waals surface area contributed by atoms with Crippen molar-refractivity contribution in [2.75, 3.05) is 20.8 Å². The van der Waals surface area contributed by atoms with Gasteiger partial charge in [0.05, 0.1) is 40.5 Å². The van der Waals surface area contributed by atoms with E-state index in [0.717, 1.165) is 11.1 Å². The Balaban J connectivity index is 1.87. The van der Waals surface area contributed by atoms with Crippen LogP contribution < -0.4 is 5.43 Å². The first-order valence-corrected chi connectivity index (χ1v) is 11.5. The van der Waals surface area contributed by atoms with Crippen LogP contribution in [0, 0.1) is 0 Å². The third-order valence-electron chi connectivity index (χ3n) is 5.67. The second kappa shape index (κ2) is 13.5. The Morgan fingerprint density at radius 3 is 2.19 bits per heavy atom. The number of hydrogen-bond acceptors (Lipinski definition) is 8. The molecule has 0 aromatic heterocycles.